The van der Waals surface area contributed by atoms with Crippen LogP contribution in [0.5, 0.6) is 0 Å². The van der Waals surface area contributed by atoms with Crippen LogP contribution in [0.1, 0.15) is 18.9 Å². The van der Waals surface area contributed by atoms with Gasteiger partial charge in [-0.15, -0.1) is 0 Å². The van der Waals surface area contributed by atoms with Crippen molar-refractivity contribution in [3.8, 4) is 0 Å². The number of nitrogens with zero attached hydrogens (tertiary/aromatic N) is 1. The summed E-state index contributed by atoms with van der Waals surface area (Å²) in [6, 6.07) is 8.22. The quantitative estimate of drug-likeness (QED) is 0.796. The molecule has 1 aromatic carbocycles. The summed E-state index contributed by atoms with van der Waals surface area (Å²) in [5.74, 6) is -0.603. The molecule has 0 spiro atoms. The first kappa shape index (κ1) is 15.3. The Morgan fingerprint density at radius 3 is 2.70 bits per heavy atom. The van der Waals surface area contributed by atoms with Gasteiger partial charge < -0.3 is 9.47 Å². The second-order valence-electron chi connectivity index (χ2n) is 5.60. The Morgan fingerprint density at radius 1 is 1.26 bits per heavy atom. The van der Waals surface area contributed by atoms with Crippen molar-refractivity contribution >= 4 is 17.8 Å². The van der Waals surface area contributed by atoms with E-state index in [2.05, 4.69) is 0 Å². The number of ether oxygens (including phenoxy) is 2. The van der Waals surface area contributed by atoms with Gasteiger partial charge in [-0.2, -0.15) is 0 Å². The topological polar surface area (TPSA) is 72.9 Å². The molecular weight excluding hydrogens is 298 g/mol. The number of amides is 1. The van der Waals surface area contributed by atoms with Crippen molar-refractivity contribution in [3.05, 3.63) is 48.0 Å². The first-order valence-corrected chi connectivity index (χ1v) is 7.44. The molecular formula is C17H17NO5. The van der Waals surface area contributed by atoms with Gasteiger partial charge in [0.1, 0.15) is 18.8 Å². The van der Waals surface area contributed by atoms with Crippen molar-refractivity contribution in [3.63, 3.8) is 0 Å². The van der Waals surface area contributed by atoms with Crippen LogP contribution in [0.3, 0.4) is 0 Å². The third kappa shape index (κ3) is 3.11. The molecule has 23 heavy (non-hydrogen) atoms. The summed E-state index contributed by atoms with van der Waals surface area (Å²) in [7, 11) is 0. The highest BCUT2D eigenvalue weighted by molar-refractivity contribution is 5.98. The number of ketones is 1. The van der Waals surface area contributed by atoms with E-state index in [1.807, 2.05) is 30.3 Å². The Labute approximate surface area is 133 Å². The fraction of sp³-hybridized carbons (Fsp3) is 0.353. The largest absolute Gasteiger partial charge is 0.460 e. The number of hydrogen-bond acceptors (Lipinski definition) is 5. The number of carbonyl (C=O) groups excluding carboxylic acids is 3. The van der Waals surface area contributed by atoms with Gasteiger partial charge in [-0.1, -0.05) is 36.4 Å². The molecule has 6 heteroatoms. The zero-order valence-electron chi connectivity index (χ0n) is 12.7. The Balaban J connectivity index is 1.71. The monoisotopic (exact) mass is 315 g/mol. The molecule has 0 aromatic heterocycles. The second-order valence-corrected chi connectivity index (χ2v) is 5.60. The number of carbonyl (C=O) groups is 3. The van der Waals surface area contributed by atoms with Gasteiger partial charge in [0.2, 0.25) is 0 Å². The van der Waals surface area contributed by atoms with E-state index >= 15 is 0 Å². The predicted molar refractivity (Wildman–Crippen MR) is 80.4 cm³/mol. The van der Waals surface area contributed by atoms with Gasteiger partial charge in [0.15, 0.2) is 5.78 Å². The SMILES string of the molecule is CC(=O)O[C@H]1C[C@@H]2C(=O)C=C[C@H]1N2C(=O)OCc1ccccc1. The Kier molecular flexibility index (Phi) is 4.14. The summed E-state index contributed by atoms with van der Waals surface area (Å²) in [5, 5.41) is 0. The fourth-order valence-corrected chi connectivity index (χ4v) is 3.01. The molecule has 0 saturated carbocycles. The zero-order valence-corrected chi connectivity index (χ0v) is 12.7. The van der Waals surface area contributed by atoms with Crippen LogP contribution in [0.4, 0.5) is 4.79 Å². The van der Waals surface area contributed by atoms with Gasteiger partial charge in [0.25, 0.3) is 0 Å². The van der Waals surface area contributed by atoms with Crippen LogP contribution in [0.25, 0.3) is 0 Å². The molecule has 1 amide bonds. The lowest BCUT2D eigenvalue weighted by molar-refractivity contribution is -0.146. The molecule has 0 unspecified atom stereocenters. The summed E-state index contributed by atoms with van der Waals surface area (Å²) in [6.45, 7) is 1.44. The molecule has 2 aliphatic rings. The van der Waals surface area contributed by atoms with Gasteiger partial charge in [0.05, 0.1) is 6.04 Å². The van der Waals surface area contributed by atoms with Crippen molar-refractivity contribution in [1.82, 2.24) is 4.90 Å². The highest BCUT2D eigenvalue weighted by Gasteiger charge is 2.50. The third-order valence-electron chi connectivity index (χ3n) is 4.01. The second kappa shape index (κ2) is 6.24. The molecule has 2 heterocycles. The molecule has 1 aromatic rings. The van der Waals surface area contributed by atoms with Crippen LogP contribution < -0.4 is 0 Å². The van der Waals surface area contributed by atoms with Crippen LogP contribution in [0, 0.1) is 0 Å². The van der Waals surface area contributed by atoms with E-state index < -0.39 is 30.3 Å². The summed E-state index contributed by atoms with van der Waals surface area (Å²) in [6.07, 6.45) is 2.26. The molecule has 2 aliphatic heterocycles. The fourth-order valence-electron chi connectivity index (χ4n) is 3.01. The average molecular weight is 315 g/mol. The summed E-state index contributed by atoms with van der Waals surface area (Å²) < 4.78 is 10.5. The van der Waals surface area contributed by atoms with Crippen LogP contribution >= 0.6 is 0 Å². The van der Waals surface area contributed by atoms with E-state index in [4.69, 9.17) is 9.47 Å². The lowest BCUT2D eigenvalue weighted by Gasteiger charge is -2.30. The van der Waals surface area contributed by atoms with Crippen LogP contribution in [-0.2, 0) is 25.7 Å². The van der Waals surface area contributed by atoms with Gasteiger partial charge in [-0.05, 0) is 11.6 Å². The van der Waals surface area contributed by atoms with Gasteiger partial charge in [0, 0.05) is 13.3 Å². The molecule has 3 rings (SSSR count). The lowest BCUT2D eigenvalue weighted by Crippen LogP contribution is -2.48. The minimum absolute atomic E-state index is 0.131. The lowest BCUT2D eigenvalue weighted by atomic mass is 10.1. The number of hydrogen-bond donors (Lipinski definition) is 0. The maximum atomic E-state index is 12.4. The highest BCUT2D eigenvalue weighted by Crippen LogP contribution is 2.33. The molecule has 0 N–H and O–H groups in total. The van der Waals surface area contributed by atoms with Crippen molar-refractivity contribution in [1.29, 1.82) is 0 Å². The maximum absolute atomic E-state index is 12.4. The highest BCUT2D eigenvalue weighted by atomic mass is 16.6. The van der Waals surface area contributed by atoms with E-state index in [-0.39, 0.29) is 12.4 Å². The zero-order chi connectivity index (χ0) is 16.4. The smallest absolute Gasteiger partial charge is 0.411 e. The van der Waals surface area contributed by atoms with E-state index in [1.165, 1.54) is 17.9 Å². The molecule has 1 saturated heterocycles. The first-order chi connectivity index (χ1) is 11.1. The Bertz CT molecular complexity index is 654. The molecule has 0 aliphatic carbocycles. The molecule has 1 fully saturated rings. The summed E-state index contributed by atoms with van der Waals surface area (Å²) in [5.41, 5.74) is 0.864. The van der Waals surface area contributed by atoms with Crippen LogP contribution in [0.15, 0.2) is 42.5 Å². The standard InChI is InChI=1S/C17H17NO5/c1-11(19)23-16-9-14-15(20)8-7-13(16)18(14)17(21)22-10-12-5-3-2-4-6-12/h2-8,13-14,16H,9-10H2,1H3/t13-,14-,16+/m1/s1. The minimum atomic E-state index is -0.627. The van der Waals surface area contributed by atoms with Crippen molar-refractivity contribution in [2.24, 2.45) is 0 Å². The van der Waals surface area contributed by atoms with E-state index in [9.17, 15) is 14.4 Å². The Morgan fingerprint density at radius 2 is 2.00 bits per heavy atom. The van der Waals surface area contributed by atoms with Gasteiger partial charge >= 0.3 is 12.1 Å². The molecule has 2 bridgehead atoms. The number of esters is 1. The molecule has 0 radical (unpaired) electrons. The summed E-state index contributed by atoms with van der Waals surface area (Å²) >= 11 is 0. The summed E-state index contributed by atoms with van der Waals surface area (Å²) in [4.78, 5) is 36.9. The number of benzene rings is 1. The van der Waals surface area contributed by atoms with Crippen LogP contribution in [0.2, 0.25) is 0 Å². The molecule has 120 valence electrons. The van der Waals surface area contributed by atoms with E-state index in [0.29, 0.717) is 6.42 Å². The van der Waals surface area contributed by atoms with Crippen molar-refractivity contribution in [2.45, 2.75) is 38.1 Å². The van der Waals surface area contributed by atoms with Gasteiger partial charge in [-0.25, -0.2) is 4.79 Å². The third-order valence-corrected chi connectivity index (χ3v) is 4.01. The van der Waals surface area contributed by atoms with Crippen molar-refractivity contribution in [2.75, 3.05) is 0 Å². The van der Waals surface area contributed by atoms with Gasteiger partial charge in [-0.3, -0.25) is 14.5 Å². The first-order valence-electron chi connectivity index (χ1n) is 7.44. The molecule has 3 atom stereocenters. The molecule has 6 nitrogen and oxygen atoms in total. The Hall–Kier alpha value is -2.63. The average Bonchev–Trinajstić information content (AvgIpc) is 2.81. The van der Waals surface area contributed by atoms with E-state index in [1.54, 1.807) is 6.08 Å². The maximum Gasteiger partial charge on any atom is 0.411 e. The normalized spacial score (nSPS) is 25.3. The predicted octanol–water partition coefficient (Wildman–Crippen LogP) is 1.84. The van der Waals surface area contributed by atoms with Crippen LogP contribution in [-0.4, -0.2) is 40.9 Å². The minimum Gasteiger partial charge on any atom is -0.460 e. The van der Waals surface area contributed by atoms with E-state index in [0.717, 1.165) is 5.56 Å². The number of rotatable bonds is 3. The van der Waals surface area contributed by atoms with Crippen molar-refractivity contribution < 1.29 is 23.9 Å². The number of fused-ring (bicyclic) bond motifs is 2.